The van der Waals surface area contributed by atoms with Gasteiger partial charge in [0.25, 0.3) is 5.56 Å². The lowest BCUT2D eigenvalue weighted by Crippen LogP contribution is -2.17. The van der Waals surface area contributed by atoms with Crippen molar-refractivity contribution in [2.24, 2.45) is 5.10 Å². The number of hydrogen-bond acceptors (Lipinski definition) is 4. The summed E-state index contributed by atoms with van der Waals surface area (Å²) >= 11 is 6.10. The largest absolute Gasteiger partial charge is 0.497 e. The van der Waals surface area contributed by atoms with Gasteiger partial charge < -0.3 is 9.72 Å². The first-order chi connectivity index (χ1) is 12.2. The third-order valence-electron chi connectivity index (χ3n) is 3.92. The van der Waals surface area contributed by atoms with Crippen molar-refractivity contribution >= 4 is 39.8 Å². The van der Waals surface area contributed by atoms with Crippen molar-refractivity contribution in [1.29, 1.82) is 0 Å². The van der Waals surface area contributed by atoms with Gasteiger partial charge in [-0.25, -0.2) is 4.98 Å². The summed E-state index contributed by atoms with van der Waals surface area (Å²) in [4.78, 5) is 20.1. The van der Waals surface area contributed by atoms with Crippen molar-refractivity contribution in [2.45, 2.75) is 0 Å². The minimum atomic E-state index is -0.288. The molecule has 0 radical (unpaired) electrons. The Morgan fingerprint density at radius 2 is 2.12 bits per heavy atom. The zero-order valence-corrected chi connectivity index (χ0v) is 14.0. The maximum absolute atomic E-state index is 12.7. The Bertz CT molecular complexity index is 1180. The lowest BCUT2D eigenvalue weighted by Gasteiger charge is -1.99. The normalized spacial score (nSPS) is 11.6. The number of H-pyrrole nitrogens is 1. The van der Waals surface area contributed by atoms with Crippen LogP contribution in [0.25, 0.3) is 21.9 Å². The van der Waals surface area contributed by atoms with E-state index in [0.29, 0.717) is 21.8 Å². The van der Waals surface area contributed by atoms with Gasteiger partial charge in [-0.15, -0.1) is 0 Å². The molecule has 4 aromatic rings. The van der Waals surface area contributed by atoms with Crippen LogP contribution in [0.3, 0.4) is 0 Å². The maximum Gasteiger partial charge on any atom is 0.298 e. The van der Waals surface area contributed by atoms with Crippen molar-refractivity contribution in [2.75, 3.05) is 7.11 Å². The number of benzene rings is 2. The summed E-state index contributed by atoms with van der Waals surface area (Å²) in [6.07, 6.45) is 2.93. The monoisotopic (exact) mass is 352 g/mol. The smallest absolute Gasteiger partial charge is 0.298 e. The summed E-state index contributed by atoms with van der Waals surface area (Å²) in [5.41, 5.74) is 2.21. The molecule has 0 aliphatic carbocycles. The lowest BCUT2D eigenvalue weighted by atomic mass is 10.2. The first-order valence-electron chi connectivity index (χ1n) is 7.53. The summed E-state index contributed by atoms with van der Waals surface area (Å²) in [6, 6.07) is 12.8. The average molecular weight is 353 g/mol. The quantitative estimate of drug-likeness (QED) is 0.574. The Labute approximate surface area is 147 Å². The van der Waals surface area contributed by atoms with Crippen molar-refractivity contribution in [1.82, 2.24) is 14.6 Å². The van der Waals surface area contributed by atoms with E-state index >= 15 is 0 Å². The standard InChI is InChI=1S/C18H13ClN4O2/c1-25-12-6-7-13-15(8-12)22-17-16(13)20-10-23(18(17)24)21-9-11-4-2-3-5-14(11)19/h2-10,22H,1H3/b21-9+. The highest BCUT2D eigenvalue weighted by molar-refractivity contribution is 6.33. The van der Waals surface area contributed by atoms with Crippen LogP contribution >= 0.6 is 11.6 Å². The molecule has 0 saturated heterocycles. The van der Waals surface area contributed by atoms with E-state index in [9.17, 15) is 4.79 Å². The minimum Gasteiger partial charge on any atom is -0.497 e. The number of aromatic nitrogens is 3. The Morgan fingerprint density at radius 3 is 2.92 bits per heavy atom. The van der Waals surface area contributed by atoms with Gasteiger partial charge in [-0.05, 0) is 18.2 Å². The van der Waals surface area contributed by atoms with Gasteiger partial charge >= 0.3 is 0 Å². The molecule has 0 aliphatic heterocycles. The van der Waals surface area contributed by atoms with Crippen LogP contribution in [0, 0.1) is 0 Å². The molecule has 25 heavy (non-hydrogen) atoms. The Balaban J connectivity index is 1.84. The summed E-state index contributed by atoms with van der Waals surface area (Å²) < 4.78 is 6.39. The molecule has 2 aromatic heterocycles. The summed E-state index contributed by atoms with van der Waals surface area (Å²) in [6.45, 7) is 0. The molecule has 2 heterocycles. The average Bonchev–Trinajstić information content (AvgIpc) is 3.01. The number of halogens is 1. The number of fused-ring (bicyclic) bond motifs is 3. The molecule has 0 unspecified atom stereocenters. The Hall–Kier alpha value is -3.12. The molecule has 0 bridgehead atoms. The maximum atomic E-state index is 12.7. The van der Waals surface area contributed by atoms with Crippen molar-refractivity contribution < 1.29 is 4.74 Å². The van der Waals surface area contributed by atoms with Crippen molar-refractivity contribution in [3.05, 3.63) is 69.7 Å². The van der Waals surface area contributed by atoms with E-state index in [1.54, 1.807) is 13.2 Å². The lowest BCUT2D eigenvalue weighted by molar-refractivity contribution is 0.415. The molecular formula is C18H13ClN4O2. The van der Waals surface area contributed by atoms with Crippen LogP contribution in [0.5, 0.6) is 5.75 Å². The summed E-state index contributed by atoms with van der Waals surface area (Å²) in [7, 11) is 1.60. The van der Waals surface area contributed by atoms with Gasteiger partial charge in [0, 0.05) is 22.0 Å². The van der Waals surface area contributed by atoms with Crippen LogP contribution < -0.4 is 10.3 Å². The zero-order chi connectivity index (χ0) is 17.4. The van der Waals surface area contributed by atoms with Crippen LogP contribution in [0.4, 0.5) is 0 Å². The van der Waals surface area contributed by atoms with Crippen molar-refractivity contribution in [3.63, 3.8) is 0 Å². The fraction of sp³-hybridized carbons (Fsp3) is 0.0556. The number of rotatable bonds is 3. The first-order valence-corrected chi connectivity index (χ1v) is 7.91. The predicted octanol–water partition coefficient (Wildman–Crippen LogP) is 3.42. The van der Waals surface area contributed by atoms with Crippen LogP contribution in [-0.2, 0) is 0 Å². The molecule has 0 atom stereocenters. The van der Waals surface area contributed by atoms with E-state index in [2.05, 4.69) is 15.1 Å². The number of ether oxygens (including phenoxy) is 1. The number of hydrogen-bond donors (Lipinski definition) is 1. The van der Waals surface area contributed by atoms with Gasteiger partial charge in [0.15, 0.2) is 0 Å². The second-order valence-electron chi connectivity index (χ2n) is 5.42. The van der Waals surface area contributed by atoms with E-state index in [-0.39, 0.29) is 5.56 Å². The first kappa shape index (κ1) is 15.4. The SMILES string of the molecule is COc1ccc2c(c1)[nH]c1c(=O)n(/N=C/c3ccccc3Cl)cnc12. The summed E-state index contributed by atoms with van der Waals surface area (Å²) in [5, 5.41) is 5.60. The van der Waals surface area contributed by atoms with E-state index in [4.69, 9.17) is 16.3 Å². The zero-order valence-electron chi connectivity index (χ0n) is 13.2. The highest BCUT2D eigenvalue weighted by Gasteiger charge is 2.11. The van der Waals surface area contributed by atoms with Crippen LogP contribution in [0.2, 0.25) is 5.02 Å². The number of nitrogens with one attached hydrogen (secondary N) is 1. The van der Waals surface area contributed by atoms with Crippen LogP contribution in [0.15, 0.2) is 58.7 Å². The van der Waals surface area contributed by atoms with Gasteiger partial charge in [0.2, 0.25) is 0 Å². The van der Waals surface area contributed by atoms with Gasteiger partial charge in [0.1, 0.15) is 23.1 Å². The van der Waals surface area contributed by atoms with Crippen LogP contribution in [0.1, 0.15) is 5.56 Å². The topological polar surface area (TPSA) is 72.3 Å². The number of nitrogens with zero attached hydrogens (tertiary/aromatic N) is 3. The van der Waals surface area contributed by atoms with Gasteiger partial charge in [-0.1, -0.05) is 29.8 Å². The molecule has 0 fully saturated rings. The molecule has 0 amide bonds. The van der Waals surface area contributed by atoms with E-state index in [0.717, 1.165) is 16.5 Å². The molecule has 2 aromatic carbocycles. The Morgan fingerprint density at radius 1 is 1.28 bits per heavy atom. The molecule has 6 nitrogen and oxygen atoms in total. The second kappa shape index (κ2) is 6.07. The number of aromatic amines is 1. The van der Waals surface area contributed by atoms with Crippen LogP contribution in [-0.4, -0.2) is 28.0 Å². The van der Waals surface area contributed by atoms with Gasteiger partial charge in [-0.3, -0.25) is 4.79 Å². The molecular weight excluding hydrogens is 340 g/mol. The van der Waals surface area contributed by atoms with Gasteiger partial charge in [-0.2, -0.15) is 9.78 Å². The number of methoxy groups -OCH3 is 1. The molecule has 4 rings (SSSR count). The molecule has 7 heteroatoms. The molecule has 0 spiro atoms. The fourth-order valence-corrected chi connectivity index (χ4v) is 2.83. The second-order valence-corrected chi connectivity index (χ2v) is 5.83. The van der Waals surface area contributed by atoms with E-state index < -0.39 is 0 Å². The Kier molecular flexibility index (Phi) is 3.74. The minimum absolute atomic E-state index is 0.288. The van der Waals surface area contributed by atoms with Crippen molar-refractivity contribution in [3.8, 4) is 5.75 Å². The van der Waals surface area contributed by atoms with Gasteiger partial charge in [0.05, 0.1) is 18.8 Å². The third kappa shape index (κ3) is 2.66. The van der Waals surface area contributed by atoms with E-state index in [1.807, 2.05) is 36.4 Å². The highest BCUT2D eigenvalue weighted by atomic mass is 35.5. The third-order valence-corrected chi connectivity index (χ3v) is 4.27. The predicted molar refractivity (Wildman–Crippen MR) is 98.9 cm³/mol. The molecule has 1 N–H and O–H groups in total. The fourth-order valence-electron chi connectivity index (χ4n) is 2.64. The van der Waals surface area contributed by atoms with E-state index in [1.165, 1.54) is 17.2 Å². The summed E-state index contributed by atoms with van der Waals surface area (Å²) in [5.74, 6) is 0.705. The highest BCUT2D eigenvalue weighted by Crippen LogP contribution is 2.25. The molecule has 0 saturated carbocycles. The molecule has 124 valence electrons. The molecule has 0 aliphatic rings.